The van der Waals surface area contributed by atoms with Crippen molar-refractivity contribution in [1.29, 1.82) is 0 Å². The number of aliphatic carboxylic acids is 1. The van der Waals surface area contributed by atoms with Gasteiger partial charge in [-0.15, -0.1) is 0 Å². The van der Waals surface area contributed by atoms with Crippen LogP contribution in [0.2, 0.25) is 0 Å². The van der Waals surface area contributed by atoms with E-state index in [1.807, 2.05) is 50.2 Å². The first kappa shape index (κ1) is 13.7. The van der Waals surface area contributed by atoms with E-state index in [9.17, 15) is 4.79 Å². The van der Waals surface area contributed by atoms with Gasteiger partial charge < -0.3 is 15.7 Å². The Hall–Kier alpha value is -1.39. The average molecular weight is 236 g/mol. The van der Waals surface area contributed by atoms with Gasteiger partial charge in [-0.1, -0.05) is 29.8 Å². The molecule has 0 aliphatic carbocycles. The normalized spacial score (nSPS) is 14.6. The summed E-state index contributed by atoms with van der Waals surface area (Å²) in [5, 5.41) is 8.81. The van der Waals surface area contributed by atoms with Crippen LogP contribution in [0, 0.1) is 6.92 Å². The van der Waals surface area contributed by atoms with E-state index in [0.717, 1.165) is 5.56 Å². The number of nitrogens with zero attached hydrogens (tertiary/aromatic N) is 1. The minimum absolute atomic E-state index is 0.0310. The summed E-state index contributed by atoms with van der Waals surface area (Å²) < 4.78 is 0. The molecule has 0 heterocycles. The zero-order valence-electron chi connectivity index (χ0n) is 10.6. The second-order valence-corrected chi connectivity index (χ2v) is 4.58. The van der Waals surface area contributed by atoms with Gasteiger partial charge in [-0.2, -0.15) is 0 Å². The Labute approximate surface area is 102 Å². The highest BCUT2D eigenvalue weighted by Gasteiger charge is 2.23. The second-order valence-electron chi connectivity index (χ2n) is 4.58. The van der Waals surface area contributed by atoms with Crippen LogP contribution in [0.15, 0.2) is 24.3 Å². The Kier molecular flexibility index (Phi) is 4.66. The molecule has 1 rings (SSSR count). The lowest BCUT2D eigenvalue weighted by molar-refractivity contribution is -0.137. The summed E-state index contributed by atoms with van der Waals surface area (Å²) in [5.41, 5.74) is 8.20. The fourth-order valence-electron chi connectivity index (χ4n) is 2.01. The van der Waals surface area contributed by atoms with Crippen LogP contribution in [0.1, 0.15) is 23.6 Å². The monoisotopic (exact) mass is 236 g/mol. The standard InChI is InChI=1S/C13H20N2O2/c1-9-4-6-10(7-5-9)13(15(2)3)11(14)8-12(16)17/h4-7,11,13H,8,14H2,1-3H3,(H,16,17). The van der Waals surface area contributed by atoms with E-state index >= 15 is 0 Å². The molecule has 0 bridgehead atoms. The van der Waals surface area contributed by atoms with Crippen molar-refractivity contribution < 1.29 is 9.90 Å². The van der Waals surface area contributed by atoms with Gasteiger partial charge in [0, 0.05) is 12.1 Å². The number of carboxylic acids is 1. The number of carbonyl (C=O) groups is 1. The van der Waals surface area contributed by atoms with E-state index in [4.69, 9.17) is 10.8 Å². The molecule has 2 unspecified atom stereocenters. The van der Waals surface area contributed by atoms with Crippen LogP contribution in [0.5, 0.6) is 0 Å². The molecule has 0 radical (unpaired) electrons. The van der Waals surface area contributed by atoms with Crippen molar-refractivity contribution in [1.82, 2.24) is 4.90 Å². The molecular weight excluding hydrogens is 216 g/mol. The van der Waals surface area contributed by atoms with Crippen LogP contribution in [0.4, 0.5) is 0 Å². The minimum atomic E-state index is -0.864. The van der Waals surface area contributed by atoms with Crippen molar-refractivity contribution in [3.8, 4) is 0 Å². The molecule has 0 aliphatic rings. The Bertz CT molecular complexity index is 374. The first-order valence-corrected chi connectivity index (χ1v) is 5.62. The van der Waals surface area contributed by atoms with E-state index in [0.29, 0.717) is 0 Å². The smallest absolute Gasteiger partial charge is 0.304 e. The molecule has 0 saturated heterocycles. The molecule has 0 amide bonds. The molecular formula is C13H20N2O2. The van der Waals surface area contributed by atoms with Gasteiger partial charge >= 0.3 is 5.97 Å². The van der Waals surface area contributed by atoms with Crippen LogP contribution in [-0.2, 0) is 4.79 Å². The number of aryl methyl sites for hydroxylation is 1. The van der Waals surface area contributed by atoms with Crippen LogP contribution in [-0.4, -0.2) is 36.1 Å². The summed E-state index contributed by atoms with van der Waals surface area (Å²) in [7, 11) is 3.82. The highest BCUT2D eigenvalue weighted by Crippen LogP contribution is 2.23. The van der Waals surface area contributed by atoms with Crippen LogP contribution in [0.3, 0.4) is 0 Å². The largest absolute Gasteiger partial charge is 0.481 e. The maximum Gasteiger partial charge on any atom is 0.304 e. The summed E-state index contributed by atoms with van der Waals surface area (Å²) in [6, 6.07) is 7.54. The molecule has 2 atom stereocenters. The van der Waals surface area contributed by atoms with Crippen LogP contribution < -0.4 is 5.73 Å². The Morgan fingerprint density at radius 2 is 1.88 bits per heavy atom. The molecule has 0 aliphatic heterocycles. The molecule has 4 nitrogen and oxygen atoms in total. The van der Waals surface area contributed by atoms with Gasteiger partial charge in [0.1, 0.15) is 0 Å². The first-order valence-electron chi connectivity index (χ1n) is 5.62. The van der Waals surface area contributed by atoms with Gasteiger partial charge in [-0.05, 0) is 26.6 Å². The Morgan fingerprint density at radius 3 is 2.29 bits per heavy atom. The molecule has 17 heavy (non-hydrogen) atoms. The van der Waals surface area contributed by atoms with Crippen molar-refractivity contribution in [3.05, 3.63) is 35.4 Å². The zero-order valence-corrected chi connectivity index (χ0v) is 10.6. The quantitative estimate of drug-likeness (QED) is 0.811. The second kappa shape index (κ2) is 5.80. The Balaban J connectivity index is 2.92. The maximum absolute atomic E-state index is 10.7. The summed E-state index contributed by atoms with van der Waals surface area (Å²) in [5.74, 6) is -0.864. The lowest BCUT2D eigenvalue weighted by Crippen LogP contribution is -2.38. The average Bonchev–Trinajstić information content (AvgIpc) is 2.19. The van der Waals surface area contributed by atoms with Crippen LogP contribution in [0.25, 0.3) is 0 Å². The number of benzene rings is 1. The fourth-order valence-corrected chi connectivity index (χ4v) is 2.01. The fraction of sp³-hybridized carbons (Fsp3) is 0.462. The number of nitrogens with two attached hydrogens (primary N) is 1. The third-order valence-electron chi connectivity index (χ3n) is 2.79. The summed E-state index contributed by atoms with van der Waals surface area (Å²) in [6.45, 7) is 2.02. The van der Waals surface area contributed by atoms with Crippen molar-refractivity contribution in [2.75, 3.05) is 14.1 Å². The molecule has 94 valence electrons. The van der Waals surface area contributed by atoms with Crippen molar-refractivity contribution in [2.45, 2.75) is 25.4 Å². The molecule has 0 aromatic heterocycles. The van der Waals surface area contributed by atoms with Gasteiger partial charge in [-0.3, -0.25) is 4.79 Å². The van der Waals surface area contributed by atoms with Gasteiger partial charge in [-0.25, -0.2) is 0 Å². The zero-order chi connectivity index (χ0) is 13.0. The van der Waals surface area contributed by atoms with E-state index in [1.54, 1.807) is 0 Å². The molecule has 0 spiro atoms. The topological polar surface area (TPSA) is 66.6 Å². The van der Waals surface area contributed by atoms with Gasteiger partial charge in [0.15, 0.2) is 0 Å². The molecule has 0 fully saturated rings. The highest BCUT2D eigenvalue weighted by atomic mass is 16.4. The molecule has 4 heteroatoms. The number of rotatable bonds is 5. The predicted octanol–water partition coefficient (Wildman–Crippen LogP) is 1.40. The van der Waals surface area contributed by atoms with Crippen molar-refractivity contribution >= 4 is 5.97 Å². The summed E-state index contributed by atoms with van der Waals surface area (Å²) in [4.78, 5) is 12.7. The van der Waals surface area contributed by atoms with Crippen molar-refractivity contribution in [2.24, 2.45) is 5.73 Å². The van der Waals surface area contributed by atoms with E-state index in [1.165, 1.54) is 5.56 Å². The first-order chi connectivity index (χ1) is 7.91. The predicted molar refractivity (Wildman–Crippen MR) is 67.8 cm³/mol. The number of hydrogen-bond donors (Lipinski definition) is 2. The Morgan fingerprint density at radius 1 is 1.35 bits per heavy atom. The van der Waals surface area contributed by atoms with Crippen molar-refractivity contribution in [3.63, 3.8) is 0 Å². The molecule has 1 aromatic carbocycles. The van der Waals surface area contributed by atoms with E-state index in [2.05, 4.69) is 0 Å². The third kappa shape index (κ3) is 3.84. The molecule has 1 aromatic rings. The van der Waals surface area contributed by atoms with Gasteiger partial charge in [0.25, 0.3) is 0 Å². The number of likely N-dealkylation sites (N-methyl/N-ethyl adjacent to an activating group) is 1. The SMILES string of the molecule is Cc1ccc(C(C(N)CC(=O)O)N(C)C)cc1. The lowest BCUT2D eigenvalue weighted by Gasteiger charge is -2.29. The molecule has 0 saturated carbocycles. The lowest BCUT2D eigenvalue weighted by atomic mass is 9.96. The van der Waals surface area contributed by atoms with E-state index in [-0.39, 0.29) is 12.5 Å². The maximum atomic E-state index is 10.7. The third-order valence-corrected chi connectivity index (χ3v) is 2.79. The molecule has 3 N–H and O–H groups in total. The number of carboxylic acid groups (broad SMARTS) is 1. The van der Waals surface area contributed by atoms with Crippen LogP contribution >= 0.6 is 0 Å². The van der Waals surface area contributed by atoms with E-state index < -0.39 is 12.0 Å². The highest BCUT2D eigenvalue weighted by molar-refractivity contribution is 5.67. The number of hydrogen-bond acceptors (Lipinski definition) is 3. The van der Waals surface area contributed by atoms with Gasteiger partial charge in [0.05, 0.1) is 6.42 Å². The summed E-state index contributed by atoms with van der Waals surface area (Å²) >= 11 is 0. The summed E-state index contributed by atoms with van der Waals surface area (Å²) in [6.07, 6.45) is -0.0310. The van der Waals surface area contributed by atoms with Gasteiger partial charge in [0.2, 0.25) is 0 Å². The minimum Gasteiger partial charge on any atom is -0.481 e.